The van der Waals surface area contributed by atoms with Gasteiger partial charge in [0.2, 0.25) is 0 Å². The Morgan fingerprint density at radius 2 is 2.18 bits per heavy atom. The SMILES string of the molecule is CC(=O)CCNc1cc(NC2CCC2)ncn1. The molecule has 0 saturated heterocycles. The van der Waals surface area contributed by atoms with Gasteiger partial charge in [-0.3, -0.25) is 4.79 Å². The smallest absolute Gasteiger partial charge is 0.131 e. The highest BCUT2D eigenvalue weighted by Gasteiger charge is 2.17. The minimum atomic E-state index is 0.180. The highest BCUT2D eigenvalue weighted by Crippen LogP contribution is 2.22. The van der Waals surface area contributed by atoms with Crippen LogP contribution < -0.4 is 10.6 Å². The molecule has 5 heteroatoms. The summed E-state index contributed by atoms with van der Waals surface area (Å²) >= 11 is 0. The molecule has 92 valence electrons. The molecule has 0 amide bonds. The number of hydrogen-bond donors (Lipinski definition) is 2. The van der Waals surface area contributed by atoms with E-state index < -0.39 is 0 Å². The molecule has 1 aliphatic carbocycles. The lowest BCUT2D eigenvalue weighted by molar-refractivity contribution is -0.116. The maximum Gasteiger partial charge on any atom is 0.131 e. The van der Waals surface area contributed by atoms with Crippen LogP contribution in [0.3, 0.4) is 0 Å². The number of hydrogen-bond acceptors (Lipinski definition) is 5. The lowest BCUT2D eigenvalue weighted by Crippen LogP contribution is -2.27. The van der Waals surface area contributed by atoms with Crippen molar-refractivity contribution >= 4 is 17.4 Å². The topological polar surface area (TPSA) is 66.9 Å². The van der Waals surface area contributed by atoms with Crippen LogP contribution in [0.4, 0.5) is 11.6 Å². The van der Waals surface area contributed by atoms with Crippen molar-refractivity contribution in [3.05, 3.63) is 12.4 Å². The zero-order valence-electron chi connectivity index (χ0n) is 10.1. The van der Waals surface area contributed by atoms with E-state index in [0.29, 0.717) is 19.0 Å². The van der Waals surface area contributed by atoms with E-state index in [9.17, 15) is 4.79 Å². The average molecular weight is 234 g/mol. The number of nitrogens with one attached hydrogen (secondary N) is 2. The number of nitrogens with zero attached hydrogens (tertiary/aromatic N) is 2. The van der Waals surface area contributed by atoms with Gasteiger partial charge in [0.1, 0.15) is 23.7 Å². The molecule has 1 fully saturated rings. The van der Waals surface area contributed by atoms with Crippen LogP contribution in [0.1, 0.15) is 32.6 Å². The average Bonchev–Trinajstić information content (AvgIpc) is 2.24. The maximum absolute atomic E-state index is 10.8. The van der Waals surface area contributed by atoms with Gasteiger partial charge in [0.05, 0.1) is 0 Å². The fourth-order valence-electron chi connectivity index (χ4n) is 1.66. The van der Waals surface area contributed by atoms with Crippen LogP contribution in [-0.2, 0) is 4.79 Å². The van der Waals surface area contributed by atoms with Crippen molar-refractivity contribution in [3.8, 4) is 0 Å². The molecule has 0 radical (unpaired) electrons. The predicted octanol–water partition coefficient (Wildman–Crippen LogP) is 1.83. The van der Waals surface area contributed by atoms with Crippen LogP contribution in [0.25, 0.3) is 0 Å². The number of anilines is 2. The van der Waals surface area contributed by atoms with E-state index in [1.54, 1.807) is 6.92 Å². The molecule has 0 aromatic carbocycles. The minimum Gasteiger partial charge on any atom is -0.369 e. The first-order chi connectivity index (χ1) is 8.24. The number of Topliss-reactive ketones (excluding diaryl/α,β-unsaturated/α-hetero) is 1. The highest BCUT2D eigenvalue weighted by atomic mass is 16.1. The van der Waals surface area contributed by atoms with Crippen LogP contribution in [0.5, 0.6) is 0 Å². The van der Waals surface area contributed by atoms with Crippen LogP contribution in [-0.4, -0.2) is 28.3 Å². The Morgan fingerprint density at radius 3 is 2.82 bits per heavy atom. The summed E-state index contributed by atoms with van der Waals surface area (Å²) in [6.45, 7) is 2.21. The lowest BCUT2D eigenvalue weighted by atomic mass is 9.93. The first-order valence-electron chi connectivity index (χ1n) is 6.06. The molecule has 17 heavy (non-hydrogen) atoms. The Bertz CT molecular complexity index is 390. The highest BCUT2D eigenvalue weighted by molar-refractivity contribution is 5.75. The number of carbonyl (C=O) groups is 1. The minimum absolute atomic E-state index is 0.180. The van der Waals surface area contributed by atoms with Crippen LogP contribution in [0.2, 0.25) is 0 Å². The molecule has 2 N–H and O–H groups in total. The summed E-state index contributed by atoms with van der Waals surface area (Å²) in [7, 11) is 0. The molecule has 1 aromatic heterocycles. The van der Waals surface area contributed by atoms with Gasteiger partial charge in [0.15, 0.2) is 0 Å². The molecule has 1 saturated carbocycles. The zero-order valence-corrected chi connectivity index (χ0v) is 10.1. The van der Waals surface area contributed by atoms with Gasteiger partial charge in [0, 0.05) is 25.1 Å². The third kappa shape index (κ3) is 3.69. The number of carbonyl (C=O) groups excluding carboxylic acids is 1. The molecule has 0 atom stereocenters. The van der Waals surface area contributed by atoms with E-state index >= 15 is 0 Å². The Labute approximate surface area is 101 Å². The van der Waals surface area contributed by atoms with Crippen LogP contribution >= 0.6 is 0 Å². The van der Waals surface area contributed by atoms with Gasteiger partial charge in [-0.1, -0.05) is 0 Å². The second-order valence-electron chi connectivity index (χ2n) is 4.44. The van der Waals surface area contributed by atoms with E-state index in [-0.39, 0.29) is 5.78 Å². The van der Waals surface area contributed by atoms with E-state index in [2.05, 4.69) is 20.6 Å². The molecule has 0 spiro atoms. The fourth-order valence-corrected chi connectivity index (χ4v) is 1.66. The van der Waals surface area contributed by atoms with E-state index in [4.69, 9.17) is 0 Å². The normalized spacial score (nSPS) is 15.1. The van der Waals surface area contributed by atoms with Gasteiger partial charge < -0.3 is 10.6 Å². The summed E-state index contributed by atoms with van der Waals surface area (Å²) in [5.41, 5.74) is 0. The Morgan fingerprint density at radius 1 is 1.41 bits per heavy atom. The van der Waals surface area contributed by atoms with Crippen molar-refractivity contribution in [2.45, 2.75) is 38.6 Å². The molecule has 5 nitrogen and oxygen atoms in total. The zero-order chi connectivity index (χ0) is 12.1. The van der Waals surface area contributed by atoms with Gasteiger partial charge in [-0.2, -0.15) is 0 Å². The maximum atomic E-state index is 10.8. The van der Waals surface area contributed by atoms with Crippen molar-refractivity contribution < 1.29 is 4.79 Å². The molecule has 1 aliphatic rings. The van der Waals surface area contributed by atoms with Crippen molar-refractivity contribution in [1.82, 2.24) is 9.97 Å². The summed E-state index contributed by atoms with van der Waals surface area (Å²) in [6, 6.07) is 2.45. The third-order valence-corrected chi connectivity index (χ3v) is 2.91. The van der Waals surface area contributed by atoms with Crippen molar-refractivity contribution in [2.24, 2.45) is 0 Å². The monoisotopic (exact) mass is 234 g/mol. The standard InChI is InChI=1S/C12H18N4O/c1-9(17)5-6-13-11-7-12(15-8-14-11)16-10-3-2-4-10/h7-8,10H,2-6H2,1H3,(H2,13,14,15,16). The van der Waals surface area contributed by atoms with Crippen LogP contribution in [0.15, 0.2) is 12.4 Å². The summed E-state index contributed by atoms with van der Waals surface area (Å²) in [6.07, 6.45) is 5.80. The van der Waals surface area contributed by atoms with Gasteiger partial charge in [-0.05, 0) is 26.2 Å². The summed E-state index contributed by atoms with van der Waals surface area (Å²) in [5.74, 6) is 1.80. The molecular weight excluding hydrogens is 216 g/mol. The number of ketones is 1. The van der Waals surface area contributed by atoms with Gasteiger partial charge >= 0.3 is 0 Å². The molecule has 0 unspecified atom stereocenters. The summed E-state index contributed by atoms with van der Waals surface area (Å²) < 4.78 is 0. The molecule has 0 bridgehead atoms. The predicted molar refractivity (Wildman–Crippen MR) is 67.1 cm³/mol. The Hall–Kier alpha value is -1.65. The second kappa shape index (κ2) is 5.61. The van der Waals surface area contributed by atoms with Crippen molar-refractivity contribution in [3.63, 3.8) is 0 Å². The first kappa shape index (κ1) is 11.8. The lowest BCUT2D eigenvalue weighted by Gasteiger charge is -2.26. The van der Waals surface area contributed by atoms with Gasteiger partial charge in [-0.15, -0.1) is 0 Å². The first-order valence-corrected chi connectivity index (χ1v) is 6.06. The Kier molecular flexibility index (Phi) is 3.90. The molecule has 1 aromatic rings. The fraction of sp³-hybridized carbons (Fsp3) is 0.583. The summed E-state index contributed by atoms with van der Waals surface area (Å²) in [4.78, 5) is 19.1. The van der Waals surface area contributed by atoms with E-state index in [0.717, 1.165) is 11.6 Å². The van der Waals surface area contributed by atoms with Crippen molar-refractivity contribution in [1.29, 1.82) is 0 Å². The second-order valence-corrected chi connectivity index (χ2v) is 4.44. The van der Waals surface area contributed by atoms with Crippen molar-refractivity contribution in [2.75, 3.05) is 17.2 Å². The van der Waals surface area contributed by atoms with Gasteiger partial charge in [0.25, 0.3) is 0 Å². The van der Waals surface area contributed by atoms with Crippen LogP contribution in [0, 0.1) is 0 Å². The molecule has 0 aliphatic heterocycles. The molecule has 2 rings (SSSR count). The quantitative estimate of drug-likeness (QED) is 0.786. The molecule has 1 heterocycles. The number of rotatable bonds is 6. The Balaban J connectivity index is 1.84. The third-order valence-electron chi connectivity index (χ3n) is 2.91. The van der Waals surface area contributed by atoms with E-state index in [1.165, 1.54) is 25.6 Å². The van der Waals surface area contributed by atoms with Gasteiger partial charge in [-0.25, -0.2) is 9.97 Å². The number of aromatic nitrogens is 2. The molecular formula is C12H18N4O. The largest absolute Gasteiger partial charge is 0.369 e. The summed E-state index contributed by atoms with van der Waals surface area (Å²) in [5, 5.41) is 6.47. The van der Waals surface area contributed by atoms with E-state index in [1.807, 2.05) is 6.07 Å².